The molecule has 0 atom stereocenters. The van der Waals surface area contributed by atoms with Gasteiger partial charge in [-0.05, 0) is 18.2 Å². The number of hydrogen-bond donors (Lipinski definition) is 0. The van der Waals surface area contributed by atoms with Crippen molar-refractivity contribution in [1.82, 2.24) is 4.31 Å². The molecule has 18 heavy (non-hydrogen) atoms. The summed E-state index contributed by atoms with van der Waals surface area (Å²) in [5.74, 6) is 0. The van der Waals surface area contributed by atoms with E-state index in [9.17, 15) is 8.42 Å². The van der Waals surface area contributed by atoms with Crippen LogP contribution < -0.4 is 0 Å². The van der Waals surface area contributed by atoms with Crippen LogP contribution in [0.15, 0.2) is 33.6 Å². The number of hydrogen-bond acceptors (Lipinski definition) is 3. The Bertz CT molecular complexity index is 479. The zero-order chi connectivity index (χ0) is 13.6. The van der Waals surface area contributed by atoms with Crippen molar-refractivity contribution in [3.8, 4) is 0 Å². The third-order valence-electron chi connectivity index (χ3n) is 2.28. The zero-order valence-electron chi connectivity index (χ0n) is 9.97. The van der Waals surface area contributed by atoms with Gasteiger partial charge >= 0.3 is 0 Å². The second-order valence-corrected chi connectivity index (χ2v) is 7.34. The van der Waals surface area contributed by atoms with Gasteiger partial charge in [-0.15, -0.1) is 0 Å². The van der Waals surface area contributed by atoms with Gasteiger partial charge < -0.3 is 4.74 Å². The quantitative estimate of drug-likeness (QED) is 0.521. The predicted molar refractivity (Wildman–Crippen MR) is 78.6 cm³/mol. The number of benzene rings is 1. The molecular formula is C11H15Br2NO3S. The van der Waals surface area contributed by atoms with Gasteiger partial charge in [-0.2, -0.15) is 4.31 Å². The number of ether oxygens (including phenoxy) is 1. The fourth-order valence-corrected chi connectivity index (χ4v) is 3.26. The maximum Gasteiger partial charge on any atom is 0.242 e. The van der Waals surface area contributed by atoms with Crippen LogP contribution in [0.4, 0.5) is 0 Å². The number of sulfonamides is 1. The number of likely N-dealkylation sites (N-methyl/N-ethyl adjacent to an activating group) is 1. The highest BCUT2D eigenvalue weighted by atomic mass is 79.9. The molecule has 0 saturated heterocycles. The van der Waals surface area contributed by atoms with Crippen LogP contribution in [0, 0.1) is 0 Å². The van der Waals surface area contributed by atoms with Crippen molar-refractivity contribution in [3.63, 3.8) is 0 Å². The highest BCUT2D eigenvalue weighted by molar-refractivity contribution is 9.10. The summed E-state index contributed by atoms with van der Waals surface area (Å²) in [5, 5.41) is 0.745. The summed E-state index contributed by atoms with van der Waals surface area (Å²) in [7, 11) is -1.89. The van der Waals surface area contributed by atoms with Gasteiger partial charge in [0.15, 0.2) is 0 Å². The second-order valence-electron chi connectivity index (χ2n) is 3.59. The highest BCUT2D eigenvalue weighted by Crippen LogP contribution is 2.18. The summed E-state index contributed by atoms with van der Waals surface area (Å²) in [5.41, 5.74) is 0. The first-order valence-corrected chi connectivity index (χ1v) is 8.69. The SMILES string of the molecule is CN(CCOCCBr)S(=O)(=O)c1cccc(Br)c1. The number of alkyl halides is 1. The molecule has 0 aliphatic rings. The molecule has 0 bridgehead atoms. The molecule has 0 heterocycles. The molecule has 102 valence electrons. The molecule has 4 nitrogen and oxygen atoms in total. The standard InChI is InChI=1S/C11H15Br2NO3S/c1-14(6-8-17-7-5-12)18(15,16)11-4-2-3-10(13)9-11/h2-4,9H,5-8H2,1H3. The van der Waals surface area contributed by atoms with E-state index in [0.29, 0.717) is 19.8 Å². The Hall–Kier alpha value is 0.0500. The van der Waals surface area contributed by atoms with E-state index in [1.54, 1.807) is 31.3 Å². The van der Waals surface area contributed by atoms with E-state index in [2.05, 4.69) is 31.9 Å². The van der Waals surface area contributed by atoms with Crippen molar-refractivity contribution in [2.45, 2.75) is 4.90 Å². The Balaban J connectivity index is 2.68. The lowest BCUT2D eigenvalue weighted by atomic mass is 10.4. The fourth-order valence-electron chi connectivity index (χ4n) is 1.28. The fraction of sp³-hybridized carbons (Fsp3) is 0.455. The molecular weight excluding hydrogens is 386 g/mol. The van der Waals surface area contributed by atoms with Crippen LogP contribution >= 0.6 is 31.9 Å². The van der Waals surface area contributed by atoms with Gasteiger partial charge in [-0.25, -0.2) is 8.42 Å². The van der Waals surface area contributed by atoms with Crippen LogP contribution in [-0.2, 0) is 14.8 Å². The van der Waals surface area contributed by atoms with Gasteiger partial charge in [0.1, 0.15) is 0 Å². The first-order chi connectivity index (χ1) is 8.48. The summed E-state index contributed by atoms with van der Waals surface area (Å²) < 4.78 is 31.7. The van der Waals surface area contributed by atoms with Crippen LogP contribution in [0.1, 0.15) is 0 Å². The van der Waals surface area contributed by atoms with E-state index in [-0.39, 0.29) is 4.90 Å². The van der Waals surface area contributed by atoms with Crippen LogP contribution in [-0.4, -0.2) is 44.9 Å². The van der Waals surface area contributed by atoms with E-state index in [4.69, 9.17) is 4.74 Å². The van der Waals surface area contributed by atoms with Crippen LogP contribution in [0.2, 0.25) is 0 Å². The third kappa shape index (κ3) is 4.62. The summed E-state index contributed by atoms with van der Waals surface area (Å²) in [6, 6.07) is 6.66. The molecule has 7 heteroatoms. The summed E-state index contributed by atoms with van der Waals surface area (Å²) >= 11 is 6.50. The molecule has 0 fully saturated rings. The summed E-state index contributed by atoms with van der Waals surface area (Å²) in [6.07, 6.45) is 0. The largest absolute Gasteiger partial charge is 0.379 e. The molecule has 1 aromatic rings. The number of rotatable bonds is 7. The first kappa shape index (κ1) is 16.1. The monoisotopic (exact) mass is 399 g/mol. The molecule has 1 rings (SSSR count). The maximum atomic E-state index is 12.2. The second kappa shape index (κ2) is 7.59. The molecule has 0 spiro atoms. The molecule has 1 aromatic carbocycles. The van der Waals surface area contributed by atoms with Crippen molar-refractivity contribution < 1.29 is 13.2 Å². The van der Waals surface area contributed by atoms with Gasteiger partial charge in [0.05, 0.1) is 18.1 Å². The van der Waals surface area contributed by atoms with Crippen molar-refractivity contribution in [2.75, 3.05) is 32.1 Å². The average molecular weight is 401 g/mol. The molecule has 0 amide bonds. The Morgan fingerprint density at radius 3 is 2.67 bits per heavy atom. The van der Waals surface area contributed by atoms with E-state index < -0.39 is 10.0 Å². The molecule has 0 N–H and O–H groups in total. The zero-order valence-corrected chi connectivity index (χ0v) is 14.0. The number of nitrogens with zero attached hydrogens (tertiary/aromatic N) is 1. The Labute approximate surface area is 125 Å². The third-order valence-corrected chi connectivity index (χ3v) is 4.95. The molecule has 0 saturated carbocycles. The average Bonchev–Trinajstić information content (AvgIpc) is 2.34. The van der Waals surface area contributed by atoms with Gasteiger partial charge in [0.2, 0.25) is 10.0 Å². The maximum absolute atomic E-state index is 12.2. The smallest absolute Gasteiger partial charge is 0.242 e. The lowest BCUT2D eigenvalue weighted by Gasteiger charge is -2.17. The van der Waals surface area contributed by atoms with Crippen LogP contribution in [0.3, 0.4) is 0 Å². The van der Waals surface area contributed by atoms with Gasteiger partial charge in [-0.3, -0.25) is 0 Å². The normalized spacial score (nSPS) is 12.0. The molecule has 0 aliphatic carbocycles. The van der Waals surface area contributed by atoms with Crippen LogP contribution in [0.25, 0.3) is 0 Å². The Kier molecular flexibility index (Phi) is 6.79. The van der Waals surface area contributed by atoms with Gasteiger partial charge in [0, 0.05) is 23.4 Å². The van der Waals surface area contributed by atoms with E-state index >= 15 is 0 Å². The van der Waals surface area contributed by atoms with E-state index in [1.807, 2.05) is 0 Å². The first-order valence-electron chi connectivity index (χ1n) is 5.34. The highest BCUT2D eigenvalue weighted by Gasteiger charge is 2.20. The lowest BCUT2D eigenvalue weighted by molar-refractivity contribution is 0.141. The summed E-state index contributed by atoms with van der Waals surface area (Å²) in [4.78, 5) is 0.278. The summed E-state index contributed by atoms with van der Waals surface area (Å²) in [6.45, 7) is 1.29. The molecule has 0 unspecified atom stereocenters. The minimum Gasteiger partial charge on any atom is -0.379 e. The molecule has 0 radical (unpaired) electrons. The Morgan fingerprint density at radius 2 is 2.06 bits per heavy atom. The lowest BCUT2D eigenvalue weighted by Crippen LogP contribution is -2.30. The molecule has 0 aliphatic heterocycles. The van der Waals surface area contributed by atoms with Crippen molar-refractivity contribution in [2.24, 2.45) is 0 Å². The van der Waals surface area contributed by atoms with E-state index in [1.165, 1.54) is 4.31 Å². The minimum absolute atomic E-state index is 0.278. The van der Waals surface area contributed by atoms with Gasteiger partial charge in [-0.1, -0.05) is 37.9 Å². The number of halogens is 2. The molecule has 0 aromatic heterocycles. The minimum atomic E-state index is -3.44. The van der Waals surface area contributed by atoms with Crippen molar-refractivity contribution in [1.29, 1.82) is 0 Å². The predicted octanol–water partition coefficient (Wildman–Crippen LogP) is 2.48. The topological polar surface area (TPSA) is 46.6 Å². The van der Waals surface area contributed by atoms with E-state index in [0.717, 1.165) is 9.80 Å². The van der Waals surface area contributed by atoms with Crippen molar-refractivity contribution >= 4 is 41.9 Å². The Morgan fingerprint density at radius 1 is 1.33 bits per heavy atom. The van der Waals surface area contributed by atoms with Crippen LogP contribution in [0.5, 0.6) is 0 Å². The van der Waals surface area contributed by atoms with Crippen molar-refractivity contribution in [3.05, 3.63) is 28.7 Å². The van der Waals surface area contributed by atoms with Gasteiger partial charge in [0.25, 0.3) is 0 Å².